The zero-order valence-corrected chi connectivity index (χ0v) is 20.8. The molecule has 0 unspecified atom stereocenters. The average Bonchev–Trinajstić information content (AvgIpc) is 3.29. The smallest absolute Gasteiger partial charge is 0.271 e. The second kappa shape index (κ2) is 10.4. The second-order valence-electron chi connectivity index (χ2n) is 9.01. The number of carbonyl (C=O) groups is 1. The van der Waals surface area contributed by atoms with Crippen molar-refractivity contribution in [3.8, 4) is 11.3 Å². The summed E-state index contributed by atoms with van der Waals surface area (Å²) in [5, 5.41) is 16.3. The van der Waals surface area contributed by atoms with Gasteiger partial charge in [-0.2, -0.15) is 0 Å². The summed E-state index contributed by atoms with van der Waals surface area (Å²) in [5.74, 6) is -0.0930. The van der Waals surface area contributed by atoms with Crippen molar-refractivity contribution < 1.29 is 14.6 Å². The highest BCUT2D eigenvalue weighted by Crippen LogP contribution is 2.33. The number of aromatic nitrogens is 4. The molecule has 2 aromatic carbocycles. The number of rotatable bonds is 8. The molecule has 1 saturated heterocycles. The van der Waals surface area contributed by atoms with Crippen LogP contribution in [-0.4, -0.2) is 69.5 Å². The summed E-state index contributed by atoms with van der Waals surface area (Å²) in [5.41, 5.74) is 10.3. The largest absolute Gasteiger partial charge is 0.392 e. The number of para-hydroxylation sites is 1. The Hall–Kier alpha value is -4.22. The number of imidazole rings is 1. The van der Waals surface area contributed by atoms with Crippen LogP contribution in [0.5, 0.6) is 0 Å². The molecule has 0 bridgehead atoms. The van der Waals surface area contributed by atoms with Crippen molar-refractivity contribution in [2.45, 2.75) is 13.0 Å². The summed E-state index contributed by atoms with van der Waals surface area (Å²) < 4.78 is 7.34. The Kier molecular flexibility index (Phi) is 6.89. The number of nitrogens with zero attached hydrogens (tertiary/aromatic N) is 5. The second-order valence-corrected chi connectivity index (χ2v) is 9.01. The van der Waals surface area contributed by atoms with Gasteiger partial charge in [-0.25, -0.2) is 15.0 Å². The van der Waals surface area contributed by atoms with Gasteiger partial charge in [-0.05, 0) is 37.3 Å². The molecule has 11 nitrogen and oxygen atoms in total. The monoisotopic (exact) mass is 502 g/mol. The molecule has 1 aliphatic heterocycles. The number of hydrogen-bond donors (Lipinski definition) is 4. The molecule has 37 heavy (non-hydrogen) atoms. The van der Waals surface area contributed by atoms with Gasteiger partial charge < -0.3 is 35.7 Å². The van der Waals surface area contributed by atoms with Gasteiger partial charge in [0.05, 0.1) is 36.7 Å². The van der Waals surface area contributed by atoms with Crippen LogP contribution in [0.2, 0.25) is 0 Å². The van der Waals surface area contributed by atoms with E-state index in [0.29, 0.717) is 35.8 Å². The quantitative estimate of drug-likeness (QED) is 0.286. The topological polar surface area (TPSA) is 143 Å². The first-order valence-electron chi connectivity index (χ1n) is 12.1. The predicted octanol–water partition coefficient (Wildman–Crippen LogP) is 2.50. The van der Waals surface area contributed by atoms with E-state index < -0.39 is 12.0 Å². The van der Waals surface area contributed by atoms with Crippen molar-refractivity contribution in [1.82, 2.24) is 19.5 Å². The highest BCUT2D eigenvalue weighted by atomic mass is 16.5. The van der Waals surface area contributed by atoms with E-state index in [4.69, 9.17) is 15.5 Å². The number of hydrogen-bond acceptors (Lipinski definition) is 9. The summed E-state index contributed by atoms with van der Waals surface area (Å²) in [6.07, 6.45) is 1.09. The van der Waals surface area contributed by atoms with Crippen LogP contribution in [0.25, 0.3) is 22.3 Å². The van der Waals surface area contributed by atoms with E-state index in [1.807, 2.05) is 54.1 Å². The van der Waals surface area contributed by atoms with Crippen LogP contribution in [-0.2, 0) is 11.8 Å². The fourth-order valence-electron chi connectivity index (χ4n) is 4.31. The molecular formula is C26H30N8O3. The molecule has 1 atom stereocenters. The third kappa shape index (κ3) is 5.18. The molecule has 3 heterocycles. The van der Waals surface area contributed by atoms with Gasteiger partial charge in [0.15, 0.2) is 17.3 Å². The Morgan fingerprint density at radius 2 is 1.89 bits per heavy atom. The minimum Gasteiger partial charge on any atom is -0.392 e. The number of amides is 1. The van der Waals surface area contributed by atoms with Gasteiger partial charge >= 0.3 is 0 Å². The normalized spacial score (nSPS) is 14.5. The van der Waals surface area contributed by atoms with Crippen LogP contribution in [0.1, 0.15) is 17.4 Å². The van der Waals surface area contributed by atoms with E-state index in [2.05, 4.69) is 25.5 Å². The number of morpholine rings is 1. The van der Waals surface area contributed by atoms with Gasteiger partial charge in [0.2, 0.25) is 0 Å². The van der Waals surface area contributed by atoms with E-state index in [0.717, 1.165) is 30.0 Å². The number of fused-ring (bicyclic) bond motifs is 1. The first-order chi connectivity index (χ1) is 17.9. The minimum absolute atomic E-state index is 0.00258. The number of nitrogens with two attached hydrogens (primary N) is 1. The Morgan fingerprint density at radius 1 is 1.14 bits per heavy atom. The molecule has 0 saturated carbocycles. The molecular weight excluding hydrogens is 472 g/mol. The molecule has 0 radical (unpaired) electrons. The van der Waals surface area contributed by atoms with Crippen LogP contribution >= 0.6 is 0 Å². The van der Waals surface area contributed by atoms with E-state index in [1.165, 1.54) is 0 Å². The maximum absolute atomic E-state index is 12.5. The Balaban J connectivity index is 1.54. The third-order valence-corrected chi connectivity index (χ3v) is 6.21. The molecule has 192 valence electrons. The molecule has 5 N–H and O–H groups in total. The molecule has 2 aromatic heterocycles. The molecule has 0 spiro atoms. The van der Waals surface area contributed by atoms with Gasteiger partial charge in [-0.1, -0.05) is 12.1 Å². The number of carbonyl (C=O) groups excluding carboxylic acids is 1. The van der Waals surface area contributed by atoms with Crippen molar-refractivity contribution in [3.63, 3.8) is 0 Å². The molecule has 1 aliphatic rings. The van der Waals surface area contributed by atoms with Crippen molar-refractivity contribution in [1.29, 1.82) is 0 Å². The lowest BCUT2D eigenvalue weighted by Gasteiger charge is -2.29. The molecule has 4 aromatic rings. The van der Waals surface area contributed by atoms with Crippen LogP contribution in [0, 0.1) is 0 Å². The predicted molar refractivity (Wildman–Crippen MR) is 143 cm³/mol. The fraction of sp³-hybridized carbons (Fsp3) is 0.308. The molecule has 1 amide bonds. The maximum atomic E-state index is 12.5. The molecule has 0 aliphatic carbocycles. The van der Waals surface area contributed by atoms with E-state index in [-0.39, 0.29) is 18.1 Å². The Morgan fingerprint density at radius 3 is 2.59 bits per heavy atom. The van der Waals surface area contributed by atoms with E-state index >= 15 is 0 Å². The lowest BCUT2D eigenvalue weighted by atomic mass is 10.1. The maximum Gasteiger partial charge on any atom is 0.271 e. The lowest BCUT2D eigenvalue weighted by Crippen LogP contribution is -2.36. The van der Waals surface area contributed by atoms with Crippen LogP contribution in [0.4, 0.5) is 23.0 Å². The van der Waals surface area contributed by atoms with Gasteiger partial charge in [0, 0.05) is 43.6 Å². The van der Waals surface area contributed by atoms with Crippen molar-refractivity contribution in [2.24, 2.45) is 12.8 Å². The SMILES string of the molecule is C[C@@H](O)CNc1nc(Nc2ccc(N3CCOCC3)cc2)c(C(N)=O)nc1-c1cccc2c1ncn2C. The minimum atomic E-state index is -0.712. The van der Waals surface area contributed by atoms with E-state index in [1.54, 1.807) is 13.3 Å². The molecule has 11 heteroatoms. The summed E-state index contributed by atoms with van der Waals surface area (Å²) in [4.78, 5) is 28.6. The van der Waals surface area contributed by atoms with Gasteiger partial charge in [0.1, 0.15) is 5.69 Å². The summed E-state index contributed by atoms with van der Waals surface area (Å²) in [6.45, 7) is 5.01. The van der Waals surface area contributed by atoms with Gasteiger partial charge in [0.25, 0.3) is 5.91 Å². The van der Waals surface area contributed by atoms with Gasteiger partial charge in [-0.3, -0.25) is 4.79 Å². The molecule has 5 rings (SSSR count). The summed E-state index contributed by atoms with van der Waals surface area (Å²) in [6, 6.07) is 13.6. The van der Waals surface area contributed by atoms with Crippen molar-refractivity contribution >= 4 is 40.0 Å². The Labute approximate surface area is 214 Å². The first-order valence-corrected chi connectivity index (χ1v) is 12.1. The lowest BCUT2D eigenvalue weighted by molar-refractivity contribution is 0.0996. The van der Waals surface area contributed by atoms with Crippen LogP contribution in [0.15, 0.2) is 48.8 Å². The highest BCUT2D eigenvalue weighted by molar-refractivity contribution is 6.00. The number of aryl methyl sites for hydroxylation is 1. The van der Waals surface area contributed by atoms with Crippen LogP contribution in [0.3, 0.4) is 0 Å². The van der Waals surface area contributed by atoms with Gasteiger partial charge in [-0.15, -0.1) is 0 Å². The number of anilines is 4. The highest BCUT2D eigenvalue weighted by Gasteiger charge is 2.22. The number of primary amides is 1. The number of aliphatic hydroxyl groups excluding tert-OH is 1. The number of aliphatic hydroxyl groups is 1. The fourth-order valence-corrected chi connectivity index (χ4v) is 4.31. The van der Waals surface area contributed by atoms with Crippen LogP contribution < -0.4 is 21.3 Å². The number of nitrogens with one attached hydrogen (secondary N) is 2. The summed E-state index contributed by atoms with van der Waals surface area (Å²) in [7, 11) is 1.91. The Bertz CT molecular complexity index is 1410. The van der Waals surface area contributed by atoms with Crippen molar-refractivity contribution in [2.75, 3.05) is 48.4 Å². The number of ether oxygens (including phenoxy) is 1. The third-order valence-electron chi connectivity index (χ3n) is 6.21. The summed E-state index contributed by atoms with van der Waals surface area (Å²) >= 11 is 0. The van der Waals surface area contributed by atoms with E-state index in [9.17, 15) is 9.90 Å². The molecule has 1 fully saturated rings. The zero-order chi connectivity index (χ0) is 25.9. The zero-order valence-electron chi connectivity index (χ0n) is 20.8. The number of benzene rings is 2. The average molecular weight is 503 g/mol. The standard InChI is InChI=1S/C26H30N8O3/c1-16(35)14-28-25-22(19-4-3-5-20-21(19)29-15-33(20)2)31-23(24(27)36)26(32-25)30-17-6-8-18(9-7-17)34-10-12-37-13-11-34/h3-9,15-16,35H,10-14H2,1-2H3,(H2,27,36)(H2,28,30,32)/t16-/m1/s1. The van der Waals surface area contributed by atoms with Crippen molar-refractivity contribution in [3.05, 3.63) is 54.5 Å². The first kappa shape index (κ1) is 24.5.